The molecule has 1 atom stereocenters. The highest BCUT2D eigenvalue weighted by Crippen LogP contribution is 2.36. The molecule has 2 aromatic heterocycles. The summed E-state index contributed by atoms with van der Waals surface area (Å²) in [6, 6.07) is 1.95. The highest BCUT2D eigenvalue weighted by atomic mass is 15.2. The van der Waals surface area contributed by atoms with Gasteiger partial charge in [0.1, 0.15) is 12.1 Å². The van der Waals surface area contributed by atoms with E-state index >= 15 is 0 Å². The molecule has 6 heteroatoms. The second kappa shape index (κ2) is 5.45. The number of rotatable bonds is 3. The minimum absolute atomic E-state index is 0.266. The highest BCUT2D eigenvalue weighted by Gasteiger charge is 2.35. The van der Waals surface area contributed by atoms with Gasteiger partial charge >= 0.3 is 0 Å². The largest absolute Gasteiger partial charge is 0.323 e. The van der Waals surface area contributed by atoms with Crippen LogP contribution in [0.1, 0.15) is 37.8 Å². The fourth-order valence-corrected chi connectivity index (χ4v) is 3.77. The van der Waals surface area contributed by atoms with Gasteiger partial charge in [0.2, 0.25) is 0 Å². The van der Waals surface area contributed by atoms with Crippen LogP contribution < -0.4 is 21.6 Å². The van der Waals surface area contributed by atoms with E-state index in [2.05, 4.69) is 37.6 Å². The molecule has 2 aliphatic rings. The van der Waals surface area contributed by atoms with Gasteiger partial charge in [0.15, 0.2) is 5.82 Å². The molecule has 1 unspecified atom stereocenters. The summed E-state index contributed by atoms with van der Waals surface area (Å²) in [5, 5.41) is 12.3. The Balaban J connectivity index is 1.71. The van der Waals surface area contributed by atoms with E-state index in [1.165, 1.54) is 25.7 Å². The maximum absolute atomic E-state index is 6.70. The van der Waals surface area contributed by atoms with E-state index in [1.54, 1.807) is 6.33 Å². The van der Waals surface area contributed by atoms with Crippen LogP contribution in [0.3, 0.4) is 0 Å². The van der Waals surface area contributed by atoms with Crippen LogP contribution in [0.4, 0.5) is 11.6 Å². The highest BCUT2D eigenvalue weighted by molar-refractivity contribution is 5.58. The van der Waals surface area contributed by atoms with E-state index in [0.717, 1.165) is 34.3 Å². The molecular formula is C17H22N6. The molecule has 23 heavy (non-hydrogen) atoms. The summed E-state index contributed by atoms with van der Waals surface area (Å²) < 4.78 is 0. The molecule has 2 heterocycles. The summed E-state index contributed by atoms with van der Waals surface area (Å²) in [5.41, 5.74) is 7.44. The van der Waals surface area contributed by atoms with E-state index in [9.17, 15) is 0 Å². The molecule has 0 aromatic carbocycles. The number of aryl methyl sites for hydroxylation is 1. The van der Waals surface area contributed by atoms with Crippen molar-refractivity contribution in [3.05, 3.63) is 28.7 Å². The molecule has 4 rings (SSSR count). The number of aromatic nitrogens is 4. The second-order valence-corrected chi connectivity index (χ2v) is 6.73. The molecule has 1 saturated carbocycles. The number of nitrogens with two attached hydrogens (primary N) is 1. The molecule has 6 nitrogen and oxygen atoms in total. The lowest BCUT2D eigenvalue weighted by Crippen LogP contribution is -2.50. The normalized spacial score (nSPS) is 23.9. The first-order valence-electron chi connectivity index (χ1n) is 8.26. The van der Waals surface area contributed by atoms with Crippen molar-refractivity contribution in [1.29, 1.82) is 0 Å². The number of fused-ring (bicyclic) bond motifs is 1. The number of nitrogens with zero attached hydrogens (tertiary/aromatic N) is 3. The Bertz CT molecular complexity index is 833. The van der Waals surface area contributed by atoms with Crippen molar-refractivity contribution in [2.24, 2.45) is 11.7 Å². The molecule has 0 radical (unpaired) electrons. The summed E-state index contributed by atoms with van der Waals surface area (Å²) in [4.78, 5) is 8.82. The Morgan fingerprint density at radius 3 is 2.87 bits per heavy atom. The Morgan fingerprint density at radius 1 is 1.30 bits per heavy atom. The number of aromatic amines is 1. The number of anilines is 2. The maximum atomic E-state index is 6.70. The average Bonchev–Trinajstić information content (AvgIpc) is 3.19. The smallest absolute Gasteiger partial charge is 0.153 e. The van der Waals surface area contributed by atoms with Crippen LogP contribution >= 0.6 is 0 Å². The van der Waals surface area contributed by atoms with Gasteiger partial charge in [-0.3, -0.25) is 5.10 Å². The summed E-state index contributed by atoms with van der Waals surface area (Å²) >= 11 is 0. The van der Waals surface area contributed by atoms with Crippen LogP contribution in [0.2, 0.25) is 0 Å². The summed E-state index contributed by atoms with van der Waals surface area (Å²) in [6.45, 7) is 1.97. The van der Waals surface area contributed by atoms with Crippen LogP contribution in [0, 0.1) is 12.8 Å². The van der Waals surface area contributed by atoms with Gasteiger partial charge in [-0.2, -0.15) is 5.10 Å². The Labute approximate surface area is 134 Å². The Morgan fingerprint density at radius 2 is 2.13 bits per heavy atom. The van der Waals surface area contributed by atoms with Crippen LogP contribution in [-0.2, 0) is 0 Å². The third-order valence-electron chi connectivity index (χ3n) is 5.05. The van der Waals surface area contributed by atoms with Crippen LogP contribution in [-0.4, -0.2) is 25.7 Å². The Hall–Kier alpha value is -2.21. The molecule has 0 spiro atoms. The first-order valence-corrected chi connectivity index (χ1v) is 8.26. The fourth-order valence-electron chi connectivity index (χ4n) is 3.77. The van der Waals surface area contributed by atoms with Gasteiger partial charge in [0, 0.05) is 22.5 Å². The van der Waals surface area contributed by atoms with Crippen LogP contribution in [0.5, 0.6) is 0 Å². The van der Waals surface area contributed by atoms with Crippen LogP contribution in [0.25, 0.3) is 12.2 Å². The van der Waals surface area contributed by atoms with E-state index in [1.807, 2.05) is 13.0 Å². The molecule has 4 N–H and O–H groups in total. The zero-order chi connectivity index (χ0) is 15.9. The molecule has 1 fully saturated rings. The third kappa shape index (κ3) is 2.63. The third-order valence-corrected chi connectivity index (χ3v) is 5.05. The predicted molar refractivity (Wildman–Crippen MR) is 90.3 cm³/mol. The number of hydrogen-bond donors (Lipinski definition) is 3. The van der Waals surface area contributed by atoms with Gasteiger partial charge in [0.25, 0.3) is 0 Å². The van der Waals surface area contributed by atoms with Crippen molar-refractivity contribution in [1.82, 2.24) is 20.2 Å². The van der Waals surface area contributed by atoms with Crippen molar-refractivity contribution >= 4 is 23.8 Å². The summed E-state index contributed by atoms with van der Waals surface area (Å²) in [6.07, 6.45) is 11.8. The molecule has 0 amide bonds. The van der Waals surface area contributed by atoms with Gasteiger partial charge in [0.05, 0.1) is 5.35 Å². The lowest BCUT2D eigenvalue weighted by molar-refractivity contribution is 0.365. The predicted octanol–water partition coefficient (Wildman–Crippen LogP) is 1.10. The van der Waals surface area contributed by atoms with E-state index in [0.29, 0.717) is 5.92 Å². The standard InChI is InChI=1S/C17H22N6/c1-11-8-15(23-22-11)21-16-13-6-7-17(18,12-4-2-3-5-12)9-14(13)19-10-20-16/h6,8-10,12H,2-5,7,18H2,1H3,(H2,19,20,21,22,23). The van der Waals surface area contributed by atoms with Crippen molar-refractivity contribution in [2.45, 2.75) is 44.6 Å². The van der Waals surface area contributed by atoms with Gasteiger partial charge in [-0.25, -0.2) is 9.97 Å². The van der Waals surface area contributed by atoms with Crippen LogP contribution in [0.15, 0.2) is 12.4 Å². The number of nitrogens with one attached hydrogen (secondary N) is 2. The molecular weight excluding hydrogens is 288 g/mol. The fraction of sp³-hybridized carbons (Fsp3) is 0.471. The molecule has 0 saturated heterocycles. The second-order valence-electron chi connectivity index (χ2n) is 6.73. The lowest BCUT2D eigenvalue weighted by atomic mass is 9.78. The van der Waals surface area contributed by atoms with Crippen molar-refractivity contribution < 1.29 is 0 Å². The zero-order valence-corrected chi connectivity index (χ0v) is 13.3. The van der Waals surface area contributed by atoms with Gasteiger partial charge in [-0.05, 0) is 38.2 Å². The first-order chi connectivity index (χ1) is 11.1. The van der Waals surface area contributed by atoms with Crippen molar-refractivity contribution in [3.63, 3.8) is 0 Å². The molecule has 0 bridgehead atoms. The average molecular weight is 310 g/mol. The van der Waals surface area contributed by atoms with Crippen molar-refractivity contribution in [3.8, 4) is 0 Å². The SMILES string of the molecule is Cc1cc(Nc2ncnc3c2=CCC(N)(C2CCCC2)C=3)n[nH]1. The summed E-state index contributed by atoms with van der Waals surface area (Å²) in [5.74, 6) is 2.11. The number of H-pyrrole nitrogens is 1. The molecule has 120 valence electrons. The van der Waals surface area contributed by atoms with E-state index in [4.69, 9.17) is 5.73 Å². The quantitative estimate of drug-likeness (QED) is 0.789. The topological polar surface area (TPSA) is 92.5 Å². The lowest BCUT2D eigenvalue weighted by Gasteiger charge is -2.33. The van der Waals surface area contributed by atoms with E-state index < -0.39 is 0 Å². The number of hydrogen-bond acceptors (Lipinski definition) is 5. The minimum atomic E-state index is -0.266. The minimum Gasteiger partial charge on any atom is -0.323 e. The molecule has 0 aliphatic heterocycles. The monoisotopic (exact) mass is 310 g/mol. The van der Waals surface area contributed by atoms with Crippen molar-refractivity contribution in [2.75, 3.05) is 5.32 Å². The van der Waals surface area contributed by atoms with Gasteiger partial charge in [-0.15, -0.1) is 0 Å². The zero-order valence-electron chi connectivity index (χ0n) is 13.3. The van der Waals surface area contributed by atoms with E-state index in [-0.39, 0.29) is 5.54 Å². The first kappa shape index (κ1) is 14.4. The van der Waals surface area contributed by atoms with Gasteiger partial charge < -0.3 is 11.1 Å². The van der Waals surface area contributed by atoms with Gasteiger partial charge in [-0.1, -0.05) is 18.9 Å². The molecule has 2 aliphatic carbocycles. The molecule has 2 aromatic rings. The summed E-state index contributed by atoms with van der Waals surface area (Å²) in [7, 11) is 0. The maximum Gasteiger partial charge on any atom is 0.153 e. The Kier molecular flexibility index (Phi) is 3.41.